The van der Waals surface area contributed by atoms with Crippen LogP contribution in [0.25, 0.3) is 0 Å². The number of hydrogen-bond donors (Lipinski definition) is 1. The molecule has 0 bridgehead atoms. The predicted octanol–water partition coefficient (Wildman–Crippen LogP) is 3.32. The van der Waals surface area contributed by atoms with Crippen LogP contribution < -0.4 is 5.32 Å². The van der Waals surface area contributed by atoms with Crippen molar-refractivity contribution in [3.63, 3.8) is 0 Å². The number of carbonyl (C=O) groups excluding carboxylic acids is 1. The summed E-state index contributed by atoms with van der Waals surface area (Å²) < 4.78 is 96.9. The second-order valence-corrected chi connectivity index (χ2v) is 8.60. The predicted molar refractivity (Wildman–Crippen MR) is 76.4 cm³/mol. The molecule has 0 aromatic heterocycles. The molecule has 25 heavy (non-hydrogen) atoms. The highest BCUT2D eigenvalue weighted by Gasteiger charge is 2.60. The number of ether oxygens (including phenoxy) is 1. The van der Waals surface area contributed by atoms with E-state index in [4.69, 9.17) is 4.74 Å². The number of hydrogen-bond acceptors (Lipinski definition) is 5. The highest BCUT2D eigenvalue weighted by atomic mass is 32.2. The molecular formula is C13H20F5NO5S. The quantitative estimate of drug-likeness (QED) is 0.449. The summed E-state index contributed by atoms with van der Waals surface area (Å²) in [5.74, 6) is -3.90. The van der Waals surface area contributed by atoms with E-state index in [1.807, 2.05) is 5.32 Å². The van der Waals surface area contributed by atoms with E-state index in [1.165, 1.54) is 20.8 Å². The van der Waals surface area contributed by atoms with Gasteiger partial charge in [-0.15, -0.1) is 0 Å². The second kappa shape index (κ2) is 6.53. The van der Waals surface area contributed by atoms with Crippen LogP contribution in [-0.4, -0.2) is 43.2 Å². The zero-order chi connectivity index (χ0) is 19.9. The molecule has 148 valence electrons. The Hall–Kier alpha value is -1.17. The number of rotatable bonds is 3. The molecule has 12 heteroatoms. The molecule has 1 rings (SSSR count). The van der Waals surface area contributed by atoms with Gasteiger partial charge in [0.25, 0.3) is 5.92 Å². The second-order valence-electron chi connectivity index (χ2n) is 7.04. The molecule has 6 nitrogen and oxygen atoms in total. The largest absolute Gasteiger partial charge is 0.523 e. The maximum atomic E-state index is 14.1. The van der Waals surface area contributed by atoms with Gasteiger partial charge in [-0.25, -0.2) is 13.6 Å². The molecule has 1 N–H and O–H groups in total. The van der Waals surface area contributed by atoms with Gasteiger partial charge in [0.2, 0.25) is 0 Å². The Labute approximate surface area is 142 Å². The molecule has 1 aliphatic carbocycles. The fourth-order valence-corrected chi connectivity index (χ4v) is 3.16. The van der Waals surface area contributed by atoms with Crippen molar-refractivity contribution in [1.29, 1.82) is 0 Å². The van der Waals surface area contributed by atoms with E-state index >= 15 is 0 Å². The van der Waals surface area contributed by atoms with Crippen LogP contribution in [0.5, 0.6) is 0 Å². The number of carbonyl (C=O) groups is 1. The van der Waals surface area contributed by atoms with Crippen molar-refractivity contribution < 1.29 is 44.1 Å². The van der Waals surface area contributed by atoms with Crippen LogP contribution in [0, 0.1) is 0 Å². The molecule has 0 aromatic rings. The van der Waals surface area contributed by atoms with E-state index < -0.39 is 51.3 Å². The minimum atomic E-state index is -6.28. The summed E-state index contributed by atoms with van der Waals surface area (Å²) >= 11 is 0. The van der Waals surface area contributed by atoms with Crippen LogP contribution in [0.1, 0.15) is 47.0 Å². The highest BCUT2D eigenvalue weighted by Crippen LogP contribution is 2.43. The lowest BCUT2D eigenvalue weighted by Gasteiger charge is -2.44. The SMILES string of the molecule is CC(C)(C)OC(=O)N[C@]1(C)CCCC(F)(F)[C@H]1OS(=O)(=O)C(F)(F)F. The van der Waals surface area contributed by atoms with Crippen LogP contribution in [0.15, 0.2) is 0 Å². The molecular weight excluding hydrogens is 377 g/mol. The average Bonchev–Trinajstić information content (AvgIpc) is 2.29. The maximum Gasteiger partial charge on any atom is 0.523 e. The van der Waals surface area contributed by atoms with Gasteiger partial charge in [0.15, 0.2) is 6.10 Å². The van der Waals surface area contributed by atoms with Crippen LogP contribution in [0.2, 0.25) is 0 Å². The minimum absolute atomic E-state index is 0.161. The van der Waals surface area contributed by atoms with E-state index in [9.17, 15) is 35.2 Å². The Morgan fingerprint density at radius 1 is 1.16 bits per heavy atom. The van der Waals surface area contributed by atoms with E-state index in [0.717, 1.165) is 6.92 Å². The van der Waals surface area contributed by atoms with E-state index in [2.05, 4.69) is 4.18 Å². The molecule has 0 aliphatic heterocycles. The average molecular weight is 397 g/mol. The summed E-state index contributed by atoms with van der Waals surface area (Å²) in [6, 6.07) is 0. The summed E-state index contributed by atoms with van der Waals surface area (Å²) in [5.41, 5.74) is -8.94. The van der Waals surface area contributed by atoms with Gasteiger partial charge in [0, 0.05) is 6.42 Å². The third-order valence-corrected chi connectivity index (χ3v) is 4.47. The molecule has 0 aromatic carbocycles. The maximum absolute atomic E-state index is 14.1. The van der Waals surface area contributed by atoms with E-state index in [1.54, 1.807) is 0 Å². The Bertz CT molecular complexity index is 613. The first-order valence-electron chi connectivity index (χ1n) is 7.28. The Morgan fingerprint density at radius 3 is 2.12 bits per heavy atom. The Morgan fingerprint density at radius 2 is 1.68 bits per heavy atom. The first-order chi connectivity index (χ1) is 10.9. The first-order valence-corrected chi connectivity index (χ1v) is 8.69. The summed E-state index contributed by atoms with van der Waals surface area (Å²) in [4.78, 5) is 11.8. The summed E-state index contributed by atoms with van der Waals surface area (Å²) in [5, 5.41) is 2.03. The van der Waals surface area contributed by atoms with Gasteiger partial charge in [-0.2, -0.15) is 21.6 Å². The molecule has 0 heterocycles. The van der Waals surface area contributed by atoms with Gasteiger partial charge >= 0.3 is 21.7 Å². The van der Waals surface area contributed by atoms with Gasteiger partial charge in [0.1, 0.15) is 5.60 Å². The van der Waals surface area contributed by atoms with Crippen molar-refractivity contribution >= 4 is 16.2 Å². The molecule has 1 fully saturated rings. The van der Waals surface area contributed by atoms with Gasteiger partial charge in [0.05, 0.1) is 5.54 Å². The van der Waals surface area contributed by atoms with Crippen molar-refractivity contribution in [1.82, 2.24) is 5.32 Å². The highest BCUT2D eigenvalue weighted by molar-refractivity contribution is 7.87. The molecule has 0 radical (unpaired) electrons. The number of nitrogens with one attached hydrogen (secondary N) is 1. The van der Waals surface area contributed by atoms with Crippen LogP contribution in [0.3, 0.4) is 0 Å². The monoisotopic (exact) mass is 397 g/mol. The minimum Gasteiger partial charge on any atom is -0.444 e. The Kier molecular flexibility index (Phi) is 5.71. The zero-order valence-corrected chi connectivity index (χ0v) is 14.9. The number of halogens is 5. The van der Waals surface area contributed by atoms with Gasteiger partial charge < -0.3 is 10.1 Å². The van der Waals surface area contributed by atoms with Crippen molar-refractivity contribution in [2.24, 2.45) is 0 Å². The van der Waals surface area contributed by atoms with Crippen LogP contribution in [-0.2, 0) is 19.0 Å². The number of alkyl carbamates (subject to hydrolysis) is 1. The normalized spacial score (nSPS) is 27.6. The van der Waals surface area contributed by atoms with E-state index in [-0.39, 0.29) is 12.8 Å². The molecule has 1 saturated carbocycles. The smallest absolute Gasteiger partial charge is 0.444 e. The molecule has 0 unspecified atom stereocenters. The van der Waals surface area contributed by atoms with Crippen LogP contribution in [0.4, 0.5) is 26.7 Å². The lowest BCUT2D eigenvalue weighted by atomic mass is 9.78. The standard InChI is InChI=1S/C13H20F5NO5S/c1-10(2,3)23-9(20)19-11(4)6-5-7-12(14,15)8(11)24-25(21,22)13(16,17)18/h8H,5-7H2,1-4H3,(H,19,20)/t8-,11+/m0/s1. The third kappa shape index (κ3) is 5.40. The molecule has 2 atom stereocenters. The van der Waals surface area contributed by atoms with Crippen molar-refractivity contribution in [2.45, 2.75) is 75.6 Å². The molecule has 1 amide bonds. The van der Waals surface area contributed by atoms with E-state index in [0.29, 0.717) is 0 Å². The van der Waals surface area contributed by atoms with Gasteiger partial charge in [-0.05, 0) is 40.5 Å². The van der Waals surface area contributed by atoms with Gasteiger partial charge in [-0.3, -0.25) is 4.18 Å². The van der Waals surface area contributed by atoms with Crippen molar-refractivity contribution in [3.8, 4) is 0 Å². The number of alkyl halides is 5. The third-order valence-electron chi connectivity index (χ3n) is 3.46. The molecule has 0 saturated heterocycles. The van der Waals surface area contributed by atoms with Crippen LogP contribution >= 0.6 is 0 Å². The zero-order valence-electron chi connectivity index (χ0n) is 14.0. The van der Waals surface area contributed by atoms with Crippen molar-refractivity contribution in [3.05, 3.63) is 0 Å². The summed E-state index contributed by atoms with van der Waals surface area (Å²) in [6.07, 6.45) is -5.17. The van der Waals surface area contributed by atoms with Gasteiger partial charge in [-0.1, -0.05) is 0 Å². The molecule has 1 aliphatic rings. The first kappa shape index (κ1) is 21.9. The summed E-state index contributed by atoms with van der Waals surface area (Å²) in [7, 11) is -6.28. The molecule has 0 spiro atoms. The fourth-order valence-electron chi connectivity index (χ4n) is 2.44. The Balaban J connectivity index is 3.15. The fraction of sp³-hybridized carbons (Fsp3) is 0.923. The number of amides is 1. The topological polar surface area (TPSA) is 81.7 Å². The lowest BCUT2D eigenvalue weighted by Crippen LogP contribution is -2.65. The summed E-state index contributed by atoms with van der Waals surface area (Å²) in [6.45, 7) is 5.46. The van der Waals surface area contributed by atoms with Crippen molar-refractivity contribution in [2.75, 3.05) is 0 Å². The lowest BCUT2D eigenvalue weighted by molar-refractivity contribution is -0.158.